The second-order valence-corrected chi connectivity index (χ2v) is 8.14. The summed E-state index contributed by atoms with van der Waals surface area (Å²) >= 11 is 7.50. The molecule has 0 bridgehead atoms. The van der Waals surface area contributed by atoms with Crippen LogP contribution < -0.4 is 19.5 Å². The zero-order valence-electron chi connectivity index (χ0n) is 17.0. The summed E-state index contributed by atoms with van der Waals surface area (Å²) < 4.78 is 17.3. The van der Waals surface area contributed by atoms with E-state index in [0.717, 1.165) is 28.6 Å². The molecule has 1 aliphatic heterocycles. The Morgan fingerprint density at radius 2 is 1.77 bits per heavy atom. The van der Waals surface area contributed by atoms with Crippen LogP contribution in [0.25, 0.3) is 6.08 Å². The lowest BCUT2D eigenvalue weighted by Gasteiger charge is -2.15. The lowest BCUT2D eigenvalue weighted by molar-refractivity contribution is -0.115. The molecule has 2 aromatic carbocycles. The highest BCUT2D eigenvalue weighted by molar-refractivity contribution is 8.18. The van der Waals surface area contributed by atoms with Crippen molar-refractivity contribution in [1.82, 2.24) is 5.32 Å². The second kappa shape index (κ2) is 9.91. The third kappa shape index (κ3) is 5.70. The maximum absolute atomic E-state index is 11.8. The number of hydrogen-bond donors (Lipinski definition) is 2. The van der Waals surface area contributed by atoms with Crippen LogP contribution in [0.2, 0.25) is 5.02 Å². The fourth-order valence-corrected chi connectivity index (χ4v) is 3.96. The van der Waals surface area contributed by atoms with E-state index < -0.39 is 0 Å². The lowest BCUT2D eigenvalue weighted by Crippen LogP contribution is -2.18. The summed E-state index contributed by atoms with van der Waals surface area (Å²) in [6.45, 7) is 7.01. The first kappa shape index (κ1) is 22.1. The normalized spacial score (nSPS) is 14.7. The van der Waals surface area contributed by atoms with E-state index in [2.05, 4.69) is 11.4 Å². The minimum Gasteiger partial charge on any atom is -0.490 e. The van der Waals surface area contributed by atoms with Gasteiger partial charge in [0, 0.05) is 0 Å². The van der Waals surface area contributed by atoms with Crippen LogP contribution in [0.5, 0.6) is 17.2 Å². The third-order valence-electron chi connectivity index (χ3n) is 4.09. The standard InChI is InChI=1S/C22H23ClN2O4S/c1-4-27-18-11-15(12-19-21(26)25-22(24)30-19)10-17(23)20(18)29-6-5-28-16-8-13(2)7-14(3)9-16/h7-12H,4-6H2,1-3H3,(H2,24,25,26)/b19-12-. The number of rotatable bonds is 8. The van der Waals surface area contributed by atoms with Crippen LogP contribution in [0.1, 0.15) is 23.6 Å². The van der Waals surface area contributed by atoms with Crippen LogP contribution in [-0.4, -0.2) is 30.9 Å². The van der Waals surface area contributed by atoms with Crippen molar-refractivity contribution in [2.45, 2.75) is 20.8 Å². The molecule has 1 fully saturated rings. The van der Waals surface area contributed by atoms with Crippen LogP contribution in [0.4, 0.5) is 0 Å². The van der Waals surface area contributed by atoms with Gasteiger partial charge in [0.2, 0.25) is 0 Å². The Bertz CT molecular complexity index is 987. The molecule has 0 spiro atoms. The van der Waals surface area contributed by atoms with Gasteiger partial charge >= 0.3 is 0 Å². The monoisotopic (exact) mass is 446 g/mol. The number of amides is 1. The smallest absolute Gasteiger partial charge is 0.264 e. The SMILES string of the molecule is CCOc1cc(/C=C2\SC(=N)NC2=O)cc(Cl)c1OCCOc1cc(C)cc(C)c1. The average Bonchev–Trinajstić information content (AvgIpc) is 2.97. The number of hydrogen-bond acceptors (Lipinski definition) is 6. The van der Waals surface area contributed by atoms with Crippen molar-refractivity contribution in [3.8, 4) is 17.2 Å². The van der Waals surface area contributed by atoms with Crippen molar-refractivity contribution in [2.75, 3.05) is 19.8 Å². The van der Waals surface area contributed by atoms with E-state index in [4.69, 9.17) is 31.2 Å². The van der Waals surface area contributed by atoms with Gasteiger partial charge in [-0.2, -0.15) is 0 Å². The lowest BCUT2D eigenvalue weighted by atomic mass is 10.1. The van der Waals surface area contributed by atoms with Gasteiger partial charge in [-0.3, -0.25) is 10.2 Å². The first-order valence-corrected chi connectivity index (χ1v) is 10.6. The van der Waals surface area contributed by atoms with E-state index in [-0.39, 0.29) is 11.1 Å². The maximum atomic E-state index is 11.8. The van der Waals surface area contributed by atoms with E-state index in [1.165, 1.54) is 0 Å². The number of ether oxygens (including phenoxy) is 3. The highest BCUT2D eigenvalue weighted by Gasteiger charge is 2.22. The quantitative estimate of drug-likeness (QED) is 0.443. The van der Waals surface area contributed by atoms with Crippen molar-refractivity contribution >= 4 is 40.5 Å². The molecule has 0 saturated carbocycles. The largest absolute Gasteiger partial charge is 0.490 e. The van der Waals surface area contributed by atoms with E-state index in [1.807, 2.05) is 32.9 Å². The maximum Gasteiger partial charge on any atom is 0.264 e. The molecule has 158 valence electrons. The van der Waals surface area contributed by atoms with Crippen molar-refractivity contribution in [3.05, 3.63) is 56.9 Å². The van der Waals surface area contributed by atoms with Crippen LogP contribution >= 0.6 is 23.4 Å². The Hall–Kier alpha value is -2.64. The summed E-state index contributed by atoms with van der Waals surface area (Å²) in [4.78, 5) is 12.3. The van der Waals surface area contributed by atoms with E-state index in [9.17, 15) is 4.79 Å². The number of carbonyl (C=O) groups excluding carboxylic acids is 1. The molecule has 0 aliphatic carbocycles. The molecule has 1 aliphatic rings. The Balaban J connectivity index is 1.70. The first-order valence-electron chi connectivity index (χ1n) is 9.45. The number of amidine groups is 1. The minimum absolute atomic E-state index is 0.103. The van der Waals surface area contributed by atoms with Gasteiger partial charge < -0.3 is 19.5 Å². The average molecular weight is 447 g/mol. The number of benzene rings is 2. The molecule has 1 saturated heterocycles. The Kier molecular flexibility index (Phi) is 7.29. The highest BCUT2D eigenvalue weighted by Crippen LogP contribution is 2.38. The van der Waals surface area contributed by atoms with E-state index in [0.29, 0.717) is 46.8 Å². The predicted molar refractivity (Wildman–Crippen MR) is 121 cm³/mol. The second-order valence-electron chi connectivity index (χ2n) is 6.68. The Labute approximate surface area is 185 Å². The van der Waals surface area contributed by atoms with E-state index >= 15 is 0 Å². The zero-order chi connectivity index (χ0) is 21.7. The van der Waals surface area contributed by atoms with Crippen molar-refractivity contribution in [2.24, 2.45) is 0 Å². The summed E-state index contributed by atoms with van der Waals surface area (Å²) in [6, 6.07) is 9.51. The highest BCUT2D eigenvalue weighted by atomic mass is 35.5. The molecule has 6 nitrogen and oxygen atoms in total. The van der Waals surface area contributed by atoms with Gasteiger partial charge in [0.05, 0.1) is 16.5 Å². The molecule has 0 atom stereocenters. The van der Waals surface area contributed by atoms with Gasteiger partial charge in [-0.15, -0.1) is 0 Å². The summed E-state index contributed by atoms with van der Waals surface area (Å²) in [7, 11) is 0. The molecular formula is C22H23ClN2O4S. The molecule has 8 heteroatoms. The molecule has 2 N–H and O–H groups in total. The molecular weight excluding hydrogens is 424 g/mol. The Morgan fingerprint density at radius 3 is 2.40 bits per heavy atom. The van der Waals surface area contributed by atoms with Crippen LogP contribution in [0.15, 0.2) is 35.2 Å². The van der Waals surface area contributed by atoms with E-state index in [1.54, 1.807) is 18.2 Å². The number of aryl methyl sites for hydroxylation is 2. The van der Waals surface area contributed by atoms with Crippen LogP contribution in [-0.2, 0) is 4.79 Å². The third-order valence-corrected chi connectivity index (χ3v) is 5.20. The number of thioether (sulfide) groups is 1. The van der Waals surface area contributed by atoms with Gasteiger partial charge in [0.15, 0.2) is 16.7 Å². The summed E-state index contributed by atoms with van der Waals surface area (Å²) in [6.07, 6.45) is 1.67. The Morgan fingerprint density at radius 1 is 1.07 bits per heavy atom. The van der Waals surface area contributed by atoms with Crippen LogP contribution in [0.3, 0.4) is 0 Å². The fraction of sp³-hybridized carbons (Fsp3) is 0.273. The molecule has 30 heavy (non-hydrogen) atoms. The zero-order valence-corrected chi connectivity index (χ0v) is 18.6. The molecule has 3 rings (SSSR count). The number of carbonyl (C=O) groups is 1. The summed E-state index contributed by atoms with van der Waals surface area (Å²) in [5.74, 6) is 1.41. The molecule has 0 radical (unpaired) electrons. The molecule has 1 heterocycles. The van der Waals surface area contributed by atoms with Gasteiger partial charge in [-0.05, 0) is 79.6 Å². The fourth-order valence-electron chi connectivity index (χ4n) is 2.99. The molecule has 0 aromatic heterocycles. The number of halogens is 1. The molecule has 2 aromatic rings. The predicted octanol–water partition coefficient (Wildman–Crippen LogP) is 4.95. The number of nitrogens with one attached hydrogen (secondary N) is 2. The van der Waals surface area contributed by atoms with Crippen molar-refractivity contribution in [1.29, 1.82) is 5.41 Å². The molecule has 1 amide bonds. The topological polar surface area (TPSA) is 80.6 Å². The van der Waals surface area contributed by atoms with Crippen molar-refractivity contribution < 1.29 is 19.0 Å². The van der Waals surface area contributed by atoms with Crippen molar-refractivity contribution in [3.63, 3.8) is 0 Å². The first-order chi connectivity index (χ1) is 14.4. The van der Waals surface area contributed by atoms with Gasteiger partial charge in [0.25, 0.3) is 5.91 Å². The minimum atomic E-state index is -0.303. The summed E-state index contributed by atoms with van der Waals surface area (Å²) in [5, 5.41) is 10.5. The summed E-state index contributed by atoms with van der Waals surface area (Å²) in [5.41, 5.74) is 2.97. The van der Waals surface area contributed by atoms with Crippen LogP contribution in [0, 0.1) is 19.3 Å². The van der Waals surface area contributed by atoms with Gasteiger partial charge in [0.1, 0.15) is 19.0 Å². The molecule has 0 unspecified atom stereocenters. The van der Waals surface area contributed by atoms with Gasteiger partial charge in [-0.1, -0.05) is 17.7 Å². The van der Waals surface area contributed by atoms with Gasteiger partial charge in [-0.25, -0.2) is 0 Å².